The smallest absolute Gasteiger partial charge is 0.356 e. The second kappa shape index (κ2) is 5.36. The Labute approximate surface area is 92.1 Å². The lowest BCUT2D eigenvalue weighted by atomic mass is 10.1. The number of halogens is 1. The Morgan fingerprint density at radius 2 is 2.07 bits per heavy atom. The molecule has 0 unspecified atom stereocenters. The maximum absolute atomic E-state index is 11.1. The summed E-state index contributed by atoms with van der Waals surface area (Å²) < 4.78 is 4.44. The summed E-state index contributed by atoms with van der Waals surface area (Å²) in [6, 6.07) is 6.89. The number of ether oxygens (including phenoxy) is 1. The molecular weight excluding hydrogens is 218 g/mol. The Morgan fingerprint density at radius 1 is 1.47 bits per heavy atom. The second-order valence-electron chi connectivity index (χ2n) is 2.84. The predicted molar refractivity (Wildman–Crippen MR) is 56.4 cm³/mol. The molecule has 0 spiro atoms. The van der Waals surface area contributed by atoms with Crippen LogP contribution in [0.3, 0.4) is 0 Å². The van der Waals surface area contributed by atoms with Gasteiger partial charge in [0, 0.05) is 11.4 Å². The topological polar surface area (TPSA) is 58.9 Å². The molecule has 0 saturated carbocycles. The van der Waals surface area contributed by atoms with E-state index in [1.165, 1.54) is 7.11 Å². The largest absolute Gasteiger partial charge is 0.464 e. The zero-order valence-corrected chi connectivity index (χ0v) is 8.86. The van der Waals surface area contributed by atoms with Gasteiger partial charge in [-0.3, -0.25) is 0 Å². The maximum atomic E-state index is 11.1. The third kappa shape index (κ3) is 3.25. The van der Waals surface area contributed by atoms with Gasteiger partial charge >= 0.3 is 5.97 Å². The van der Waals surface area contributed by atoms with Crippen molar-refractivity contribution in [1.82, 2.24) is 0 Å². The first-order chi connectivity index (χ1) is 7.17. The SMILES string of the molecule is COC(=O)/C(Cc1ccc(Cl)cc1)=N/O. The van der Waals surface area contributed by atoms with Crippen molar-refractivity contribution in [3.8, 4) is 0 Å². The normalized spacial score (nSPS) is 11.2. The molecule has 0 saturated heterocycles. The number of hydrogen-bond donors (Lipinski definition) is 1. The molecule has 0 aliphatic heterocycles. The Balaban J connectivity index is 2.76. The van der Waals surface area contributed by atoms with Gasteiger partial charge in [0.15, 0.2) is 5.71 Å². The minimum absolute atomic E-state index is 0.0418. The molecule has 1 aromatic carbocycles. The van der Waals surface area contributed by atoms with Crippen molar-refractivity contribution < 1.29 is 14.7 Å². The number of nitrogens with zero attached hydrogens (tertiary/aromatic N) is 1. The number of methoxy groups -OCH3 is 1. The lowest BCUT2D eigenvalue weighted by Gasteiger charge is -2.02. The molecule has 0 amide bonds. The fourth-order valence-corrected chi connectivity index (χ4v) is 1.19. The van der Waals surface area contributed by atoms with Gasteiger partial charge in [-0.2, -0.15) is 0 Å². The number of carbonyl (C=O) groups is 1. The molecule has 1 rings (SSSR count). The van der Waals surface area contributed by atoms with Crippen LogP contribution < -0.4 is 0 Å². The highest BCUT2D eigenvalue weighted by atomic mass is 35.5. The summed E-state index contributed by atoms with van der Waals surface area (Å²) in [6.07, 6.45) is 0.209. The highest BCUT2D eigenvalue weighted by Gasteiger charge is 2.12. The Hall–Kier alpha value is -1.55. The lowest BCUT2D eigenvalue weighted by Crippen LogP contribution is -2.18. The molecule has 15 heavy (non-hydrogen) atoms. The summed E-state index contributed by atoms with van der Waals surface area (Å²) >= 11 is 5.70. The molecule has 1 N–H and O–H groups in total. The lowest BCUT2D eigenvalue weighted by molar-refractivity contribution is -0.132. The Morgan fingerprint density at radius 3 is 2.53 bits per heavy atom. The molecule has 0 aromatic heterocycles. The zero-order chi connectivity index (χ0) is 11.3. The number of oxime groups is 1. The van der Waals surface area contributed by atoms with Crippen molar-refractivity contribution in [2.75, 3.05) is 7.11 Å². The van der Waals surface area contributed by atoms with Crippen LogP contribution >= 0.6 is 11.6 Å². The van der Waals surface area contributed by atoms with Crippen molar-refractivity contribution in [2.45, 2.75) is 6.42 Å². The first-order valence-electron chi connectivity index (χ1n) is 4.21. The van der Waals surface area contributed by atoms with E-state index < -0.39 is 5.97 Å². The Bertz CT molecular complexity index is 373. The third-order valence-electron chi connectivity index (χ3n) is 1.83. The van der Waals surface area contributed by atoms with Gasteiger partial charge < -0.3 is 9.94 Å². The summed E-state index contributed by atoms with van der Waals surface area (Å²) in [7, 11) is 1.23. The van der Waals surface area contributed by atoms with Gasteiger partial charge in [0.1, 0.15) is 0 Å². The van der Waals surface area contributed by atoms with Crippen molar-refractivity contribution in [2.24, 2.45) is 5.16 Å². The summed E-state index contributed by atoms with van der Waals surface area (Å²) in [4.78, 5) is 11.1. The number of carbonyl (C=O) groups excluding carboxylic acids is 1. The highest BCUT2D eigenvalue weighted by Crippen LogP contribution is 2.10. The first-order valence-corrected chi connectivity index (χ1v) is 4.59. The summed E-state index contributed by atoms with van der Waals surface area (Å²) in [5.74, 6) is -0.646. The molecule has 4 nitrogen and oxygen atoms in total. The van der Waals surface area contributed by atoms with Gasteiger partial charge in [-0.1, -0.05) is 28.9 Å². The standard InChI is InChI=1S/C10H10ClNO3/c1-15-10(13)9(12-14)6-7-2-4-8(11)5-3-7/h2-5,14H,6H2,1H3/b12-9+. The number of rotatable bonds is 3. The fourth-order valence-electron chi connectivity index (χ4n) is 1.06. The molecule has 80 valence electrons. The molecule has 0 aliphatic rings. The van der Waals surface area contributed by atoms with Crippen molar-refractivity contribution in [3.05, 3.63) is 34.9 Å². The van der Waals surface area contributed by atoms with E-state index in [-0.39, 0.29) is 12.1 Å². The molecule has 5 heteroatoms. The maximum Gasteiger partial charge on any atom is 0.356 e. The van der Waals surface area contributed by atoms with Crippen LogP contribution in [0.25, 0.3) is 0 Å². The van der Waals surface area contributed by atoms with E-state index in [0.29, 0.717) is 5.02 Å². The average molecular weight is 228 g/mol. The number of benzene rings is 1. The predicted octanol–water partition coefficient (Wildman–Crippen LogP) is 1.89. The molecule has 1 aromatic rings. The minimum atomic E-state index is -0.646. The van der Waals surface area contributed by atoms with E-state index in [2.05, 4.69) is 9.89 Å². The van der Waals surface area contributed by atoms with Crippen LogP contribution in [0.5, 0.6) is 0 Å². The van der Waals surface area contributed by atoms with Crippen LogP contribution in [0.2, 0.25) is 5.02 Å². The second-order valence-corrected chi connectivity index (χ2v) is 3.28. The summed E-state index contributed by atoms with van der Waals surface area (Å²) in [5.41, 5.74) is 0.775. The Kier molecular flexibility index (Phi) is 4.12. The van der Waals surface area contributed by atoms with Crippen molar-refractivity contribution in [1.29, 1.82) is 0 Å². The van der Waals surface area contributed by atoms with Crippen LogP contribution in [0.4, 0.5) is 0 Å². The molecular formula is C10H10ClNO3. The van der Waals surface area contributed by atoms with Crippen LogP contribution in [0.15, 0.2) is 29.4 Å². The minimum Gasteiger partial charge on any atom is -0.464 e. The van der Waals surface area contributed by atoms with Gasteiger partial charge in [0.05, 0.1) is 7.11 Å². The average Bonchev–Trinajstić information content (AvgIpc) is 2.27. The van der Waals surface area contributed by atoms with Crippen LogP contribution in [-0.2, 0) is 16.0 Å². The number of esters is 1. The van der Waals surface area contributed by atoms with E-state index in [0.717, 1.165) is 5.56 Å². The van der Waals surface area contributed by atoms with Crippen LogP contribution in [0, 0.1) is 0 Å². The summed E-state index contributed by atoms with van der Waals surface area (Å²) in [5, 5.41) is 12.1. The number of hydrogen-bond acceptors (Lipinski definition) is 4. The fraction of sp³-hybridized carbons (Fsp3) is 0.200. The van der Waals surface area contributed by atoms with E-state index in [1.807, 2.05) is 0 Å². The van der Waals surface area contributed by atoms with Gasteiger partial charge in [-0.05, 0) is 17.7 Å². The van der Waals surface area contributed by atoms with E-state index in [4.69, 9.17) is 16.8 Å². The molecule has 0 atom stereocenters. The van der Waals surface area contributed by atoms with E-state index >= 15 is 0 Å². The first kappa shape index (κ1) is 11.5. The van der Waals surface area contributed by atoms with Gasteiger partial charge in [-0.15, -0.1) is 0 Å². The molecule has 0 radical (unpaired) electrons. The quantitative estimate of drug-likeness (QED) is 0.371. The van der Waals surface area contributed by atoms with Crippen molar-refractivity contribution >= 4 is 23.3 Å². The van der Waals surface area contributed by atoms with Crippen LogP contribution in [0.1, 0.15) is 5.56 Å². The molecule has 0 heterocycles. The van der Waals surface area contributed by atoms with Gasteiger partial charge in [-0.25, -0.2) is 4.79 Å². The van der Waals surface area contributed by atoms with Crippen LogP contribution in [-0.4, -0.2) is 24.0 Å². The highest BCUT2D eigenvalue weighted by molar-refractivity contribution is 6.36. The molecule has 0 bridgehead atoms. The van der Waals surface area contributed by atoms with E-state index in [9.17, 15) is 4.79 Å². The molecule has 0 fully saturated rings. The van der Waals surface area contributed by atoms with E-state index in [1.54, 1.807) is 24.3 Å². The van der Waals surface area contributed by atoms with Gasteiger partial charge in [0.25, 0.3) is 0 Å². The molecule has 0 aliphatic carbocycles. The van der Waals surface area contributed by atoms with Gasteiger partial charge in [0.2, 0.25) is 0 Å². The monoisotopic (exact) mass is 227 g/mol. The summed E-state index contributed by atoms with van der Waals surface area (Å²) in [6.45, 7) is 0. The van der Waals surface area contributed by atoms with Crippen molar-refractivity contribution in [3.63, 3.8) is 0 Å². The zero-order valence-electron chi connectivity index (χ0n) is 8.11. The third-order valence-corrected chi connectivity index (χ3v) is 2.08.